The van der Waals surface area contributed by atoms with E-state index in [0.717, 1.165) is 5.69 Å². The van der Waals surface area contributed by atoms with Gasteiger partial charge in [-0.15, -0.1) is 0 Å². The molecule has 10 nitrogen and oxygen atoms in total. The number of hydrogen-bond donors (Lipinski definition) is 3. The minimum absolute atomic E-state index is 0.0844. The summed E-state index contributed by atoms with van der Waals surface area (Å²) < 4.78 is 1.68. The van der Waals surface area contributed by atoms with Crippen LogP contribution >= 0.6 is 11.6 Å². The van der Waals surface area contributed by atoms with Gasteiger partial charge in [0.1, 0.15) is 17.1 Å². The molecule has 3 aromatic heterocycles. The molecule has 3 aromatic rings. The summed E-state index contributed by atoms with van der Waals surface area (Å²) in [5.41, 5.74) is 0.357. The van der Waals surface area contributed by atoms with Crippen molar-refractivity contribution in [3.05, 3.63) is 36.3 Å². The fourth-order valence-electron chi connectivity index (χ4n) is 4.36. The first-order valence-electron chi connectivity index (χ1n) is 9.55. The van der Waals surface area contributed by atoms with Gasteiger partial charge < -0.3 is 25.2 Å². The van der Waals surface area contributed by atoms with Crippen LogP contribution in [0, 0.1) is 5.92 Å². The Morgan fingerprint density at radius 1 is 1.43 bits per heavy atom. The monoisotopic (exact) mass is 428 g/mol. The lowest BCUT2D eigenvalue weighted by molar-refractivity contribution is -0.125. The Hall–Kier alpha value is -3.11. The van der Waals surface area contributed by atoms with E-state index in [1.165, 1.54) is 6.08 Å². The van der Waals surface area contributed by atoms with E-state index >= 15 is 0 Å². The van der Waals surface area contributed by atoms with Crippen molar-refractivity contribution in [2.24, 2.45) is 13.0 Å². The van der Waals surface area contributed by atoms with Gasteiger partial charge in [0.2, 0.25) is 11.9 Å². The van der Waals surface area contributed by atoms with E-state index in [0.29, 0.717) is 47.5 Å². The maximum Gasteiger partial charge on any atom is 0.246 e. The molecule has 0 aliphatic carbocycles. The summed E-state index contributed by atoms with van der Waals surface area (Å²) in [6.07, 6.45) is 6.46. The van der Waals surface area contributed by atoms with Crippen LogP contribution in [0.5, 0.6) is 0 Å². The molecule has 0 radical (unpaired) electrons. The van der Waals surface area contributed by atoms with Crippen molar-refractivity contribution in [3.8, 4) is 0 Å². The molecule has 11 heteroatoms. The van der Waals surface area contributed by atoms with Crippen LogP contribution in [-0.2, 0) is 11.8 Å². The summed E-state index contributed by atoms with van der Waals surface area (Å²) in [7, 11) is 1.83. The number of aromatic amines is 1. The molecule has 0 spiro atoms. The normalized spacial score (nSPS) is 23.2. The number of nitrogens with one attached hydrogen (secondary N) is 2. The smallest absolute Gasteiger partial charge is 0.246 e. The molecule has 3 N–H and O–H groups in total. The standard InChI is InChI=1S/C19H21ClN8O2/c1-3-14(29)27-6-11-7-28(10-19(11,30)9-27)17-15-13(20)5-21-16(15)24-18(25-17)23-12-4-22-26(2)8-12/h3-5,8,11,30H,1,6-7,9-10H2,2H3,(H2,21,23,24,25)/t11-,19-/m0/s1. The molecule has 2 fully saturated rings. The van der Waals surface area contributed by atoms with Crippen molar-refractivity contribution in [1.29, 1.82) is 0 Å². The zero-order valence-electron chi connectivity index (χ0n) is 16.3. The highest BCUT2D eigenvalue weighted by Gasteiger charge is 2.53. The Morgan fingerprint density at radius 2 is 2.27 bits per heavy atom. The maximum absolute atomic E-state index is 12.0. The Kier molecular flexibility index (Phi) is 4.23. The zero-order valence-corrected chi connectivity index (χ0v) is 17.1. The van der Waals surface area contributed by atoms with Gasteiger partial charge >= 0.3 is 0 Å². The Bertz CT molecular complexity index is 1160. The number of amides is 1. The van der Waals surface area contributed by atoms with Crippen LogP contribution in [0.25, 0.3) is 11.0 Å². The van der Waals surface area contributed by atoms with Crippen LogP contribution in [0.15, 0.2) is 31.2 Å². The summed E-state index contributed by atoms with van der Waals surface area (Å²) >= 11 is 6.41. The molecule has 0 bridgehead atoms. The third-order valence-electron chi connectivity index (χ3n) is 5.78. The number of nitrogens with zero attached hydrogens (tertiary/aromatic N) is 6. The molecule has 0 unspecified atom stereocenters. The highest BCUT2D eigenvalue weighted by atomic mass is 35.5. The number of halogens is 1. The average Bonchev–Trinajstić information content (AvgIpc) is 3.44. The van der Waals surface area contributed by atoms with Crippen LogP contribution in [0.1, 0.15) is 0 Å². The zero-order chi connectivity index (χ0) is 21.0. The van der Waals surface area contributed by atoms with E-state index < -0.39 is 5.60 Å². The average molecular weight is 429 g/mol. The second-order valence-corrected chi connectivity index (χ2v) is 8.27. The van der Waals surface area contributed by atoms with Gasteiger partial charge in [-0.2, -0.15) is 15.1 Å². The minimum atomic E-state index is -1.00. The van der Waals surface area contributed by atoms with Gasteiger partial charge in [0, 0.05) is 38.4 Å². The molecule has 30 heavy (non-hydrogen) atoms. The Balaban J connectivity index is 1.48. The molecule has 5 rings (SSSR count). The summed E-state index contributed by atoms with van der Waals surface area (Å²) in [5, 5.41) is 19.7. The number of fused-ring (bicyclic) bond motifs is 2. The van der Waals surface area contributed by atoms with Gasteiger partial charge in [0.05, 0.1) is 35.4 Å². The number of rotatable bonds is 4. The van der Waals surface area contributed by atoms with Crippen molar-refractivity contribution in [1.82, 2.24) is 29.6 Å². The van der Waals surface area contributed by atoms with E-state index in [2.05, 4.69) is 27.0 Å². The highest BCUT2D eigenvalue weighted by molar-refractivity contribution is 6.36. The van der Waals surface area contributed by atoms with Crippen LogP contribution in [0.2, 0.25) is 5.02 Å². The van der Waals surface area contributed by atoms with Gasteiger partial charge in [-0.3, -0.25) is 9.48 Å². The SMILES string of the molecule is C=CC(=O)N1C[C@H]2CN(c3nc(Nc4cnn(C)c4)nc4[nH]cc(Cl)c34)C[C@@]2(O)C1. The molecule has 2 aliphatic rings. The van der Waals surface area contributed by atoms with Crippen molar-refractivity contribution in [2.75, 3.05) is 36.4 Å². The first kappa shape index (κ1) is 18.9. The second kappa shape index (κ2) is 6.71. The summed E-state index contributed by atoms with van der Waals surface area (Å²) in [4.78, 5) is 27.9. The molecule has 2 aliphatic heterocycles. The number of likely N-dealkylation sites (tertiary alicyclic amines) is 1. The maximum atomic E-state index is 12.0. The Labute approximate surface area is 177 Å². The van der Waals surface area contributed by atoms with Gasteiger partial charge in [-0.25, -0.2) is 0 Å². The predicted octanol–water partition coefficient (Wildman–Crippen LogP) is 1.28. The topological polar surface area (TPSA) is 115 Å². The molecule has 1 amide bonds. The number of aromatic nitrogens is 5. The lowest BCUT2D eigenvalue weighted by Crippen LogP contribution is -2.41. The second-order valence-electron chi connectivity index (χ2n) is 7.86. The van der Waals surface area contributed by atoms with Crippen LogP contribution in [-0.4, -0.2) is 72.4 Å². The number of carbonyl (C=O) groups is 1. The fraction of sp³-hybridized carbons (Fsp3) is 0.368. The number of H-pyrrole nitrogens is 1. The first-order valence-corrected chi connectivity index (χ1v) is 9.93. The molecule has 156 valence electrons. The molecule has 0 saturated carbocycles. The first-order chi connectivity index (χ1) is 14.4. The third-order valence-corrected chi connectivity index (χ3v) is 6.08. The van der Waals surface area contributed by atoms with Gasteiger partial charge in [-0.05, 0) is 6.08 Å². The number of aryl methyl sites for hydroxylation is 1. The molecule has 5 heterocycles. The van der Waals surface area contributed by atoms with Gasteiger partial charge in [-0.1, -0.05) is 18.2 Å². The van der Waals surface area contributed by atoms with Crippen molar-refractivity contribution >= 4 is 46.0 Å². The van der Waals surface area contributed by atoms with E-state index in [-0.39, 0.29) is 18.4 Å². The van der Waals surface area contributed by atoms with Crippen LogP contribution in [0.3, 0.4) is 0 Å². The van der Waals surface area contributed by atoms with Crippen LogP contribution < -0.4 is 10.2 Å². The molecule has 2 atom stereocenters. The molecule has 0 aromatic carbocycles. The fourth-order valence-corrected chi connectivity index (χ4v) is 4.59. The van der Waals surface area contributed by atoms with E-state index in [9.17, 15) is 9.90 Å². The quantitative estimate of drug-likeness (QED) is 0.536. The minimum Gasteiger partial charge on any atom is -0.386 e. The highest BCUT2D eigenvalue weighted by Crippen LogP contribution is 2.40. The van der Waals surface area contributed by atoms with Gasteiger partial charge in [0.15, 0.2) is 0 Å². The van der Waals surface area contributed by atoms with Crippen LogP contribution in [0.4, 0.5) is 17.5 Å². The number of β-amino-alcohol motifs (C(OH)–C–C–N with tert-alkyl or cyclic N) is 1. The van der Waals surface area contributed by atoms with Crippen molar-refractivity contribution < 1.29 is 9.90 Å². The summed E-state index contributed by atoms with van der Waals surface area (Å²) in [5.74, 6) is 0.794. The lowest BCUT2D eigenvalue weighted by atomic mass is 9.95. The molecule has 2 saturated heterocycles. The summed E-state index contributed by atoms with van der Waals surface area (Å²) in [6.45, 7) is 5.19. The largest absolute Gasteiger partial charge is 0.386 e. The predicted molar refractivity (Wildman–Crippen MR) is 113 cm³/mol. The number of aliphatic hydroxyl groups is 1. The van der Waals surface area contributed by atoms with Crippen molar-refractivity contribution in [3.63, 3.8) is 0 Å². The van der Waals surface area contributed by atoms with E-state index in [1.807, 2.05) is 18.1 Å². The van der Waals surface area contributed by atoms with E-state index in [1.54, 1.807) is 22.0 Å². The Morgan fingerprint density at radius 3 is 2.97 bits per heavy atom. The number of hydrogen-bond acceptors (Lipinski definition) is 7. The third kappa shape index (κ3) is 2.99. The van der Waals surface area contributed by atoms with Crippen molar-refractivity contribution in [2.45, 2.75) is 5.60 Å². The van der Waals surface area contributed by atoms with Gasteiger partial charge in [0.25, 0.3) is 0 Å². The molecular formula is C19H21ClN8O2. The lowest BCUT2D eigenvalue weighted by Gasteiger charge is -2.25. The van der Waals surface area contributed by atoms with E-state index in [4.69, 9.17) is 16.6 Å². The number of anilines is 3. The summed E-state index contributed by atoms with van der Waals surface area (Å²) in [6, 6.07) is 0. The molecular weight excluding hydrogens is 408 g/mol. The number of carbonyl (C=O) groups excluding carboxylic acids is 1.